The average molecular weight is 365 g/mol. The maximum atomic E-state index is 12.4. The van der Waals surface area contributed by atoms with Crippen molar-refractivity contribution >= 4 is 21.4 Å². The van der Waals surface area contributed by atoms with Gasteiger partial charge >= 0.3 is 0 Å². The van der Waals surface area contributed by atoms with E-state index in [0.29, 0.717) is 6.42 Å². The van der Waals surface area contributed by atoms with Crippen molar-refractivity contribution in [2.45, 2.75) is 57.8 Å². The minimum absolute atomic E-state index is 0.207. The summed E-state index contributed by atoms with van der Waals surface area (Å²) in [6.07, 6.45) is 6.21. The fourth-order valence-corrected chi connectivity index (χ4v) is 4.07. The molecule has 1 aromatic rings. The van der Waals surface area contributed by atoms with Gasteiger partial charge in [-0.05, 0) is 38.3 Å². The number of carbonyl (C=O) groups excluding carboxylic acids is 2. The van der Waals surface area contributed by atoms with Crippen molar-refractivity contribution in [3.63, 3.8) is 0 Å². The summed E-state index contributed by atoms with van der Waals surface area (Å²) in [6.45, 7) is 4.90. The van der Waals surface area contributed by atoms with Gasteiger partial charge in [-0.1, -0.05) is 56.9 Å². The lowest BCUT2D eigenvalue weighted by molar-refractivity contribution is -0.132. The molecule has 25 heavy (non-hydrogen) atoms. The maximum Gasteiger partial charge on any atom is 0.199 e. The quantitative estimate of drug-likeness (QED) is 0.432. The zero-order chi connectivity index (χ0) is 18.9. The zero-order valence-electron chi connectivity index (χ0n) is 15.3. The molecule has 1 atom stereocenters. The van der Waals surface area contributed by atoms with E-state index in [1.54, 1.807) is 18.2 Å². The van der Waals surface area contributed by atoms with Crippen LogP contribution in [0.4, 0.5) is 0 Å². The summed E-state index contributed by atoms with van der Waals surface area (Å²) in [7, 11) is -3.58. The van der Waals surface area contributed by atoms with Crippen molar-refractivity contribution in [3.05, 3.63) is 41.8 Å². The molecule has 0 radical (unpaired) electrons. The number of ketones is 2. The first kappa shape index (κ1) is 21.3. The third kappa shape index (κ3) is 6.94. The van der Waals surface area contributed by atoms with E-state index in [9.17, 15) is 18.0 Å². The monoisotopic (exact) mass is 364 g/mol. The minimum atomic E-state index is -3.58. The van der Waals surface area contributed by atoms with Crippen molar-refractivity contribution in [1.29, 1.82) is 0 Å². The standard InChI is InChI=1S/C20H28O4S/c1-4-5-6-8-11-18(20(16(2)21)17(3)22)14-15-25(23,24)19-12-9-7-10-13-19/h7,9-10,12-15,18,20H,4-6,8,11H2,1-3H3/b15-14+. The third-order valence-electron chi connectivity index (χ3n) is 4.27. The molecule has 0 amide bonds. The average Bonchev–Trinajstić information content (AvgIpc) is 2.56. The van der Waals surface area contributed by atoms with Crippen molar-refractivity contribution < 1.29 is 18.0 Å². The summed E-state index contributed by atoms with van der Waals surface area (Å²) in [6, 6.07) is 8.14. The van der Waals surface area contributed by atoms with Gasteiger partial charge in [0.1, 0.15) is 11.6 Å². The van der Waals surface area contributed by atoms with Crippen LogP contribution >= 0.6 is 0 Å². The highest BCUT2D eigenvalue weighted by Crippen LogP contribution is 2.25. The largest absolute Gasteiger partial charge is 0.299 e. The molecule has 1 rings (SSSR count). The Hall–Kier alpha value is -1.75. The molecular weight excluding hydrogens is 336 g/mol. The SMILES string of the molecule is CCCCCCC(/C=C/S(=O)(=O)c1ccccc1)C(C(C)=O)C(C)=O. The topological polar surface area (TPSA) is 68.3 Å². The van der Waals surface area contributed by atoms with Gasteiger partial charge in [0.2, 0.25) is 0 Å². The first-order chi connectivity index (χ1) is 11.8. The lowest BCUT2D eigenvalue weighted by Gasteiger charge is -2.20. The van der Waals surface area contributed by atoms with Crippen molar-refractivity contribution in [1.82, 2.24) is 0 Å². The van der Waals surface area contributed by atoms with Gasteiger partial charge in [-0.2, -0.15) is 0 Å². The van der Waals surface area contributed by atoms with Gasteiger partial charge in [0.25, 0.3) is 0 Å². The van der Waals surface area contributed by atoms with E-state index in [2.05, 4.69) is 6.92 Å². The fraction of sp³-hybridized carbons (Fsp3) is 0.500. The molecule has 0 aliphatic rings. The van der Waals surface area contributed by atoms with E-state index in [-0.39, 0.29) is 22.4 Å². The Morgan fingerprint density at radius 1 is 1.00 bits per heavy atom. The molecule has 0 saturated carbocycles. The van der Waals surface area contributed by atoms with E-state index in [0.717, 1.165) is 31.1 Å². The lowest BCUT2D eigenvalue weighted by Crippen LogP contribution is -2.27. The number of rotatable bonds is 11. The molecular formula is C20H28O4S. The molecule has 0 saturated heterocycles. The maximum absolute atomic E-state index is 12.4. The number of Topliss-reactive ketones (excluding diaryl/α,β-unsaturated/α-hetero) is 2. The number of allylic oxidation sites excluding steroid dienone is 1. The number of sulfone groups is 1. The van der Waals surface area contributed by atoms with Crippen LogP contribution in [0.2, 0.25) is 0 Å². The normalized spacial score (nSPS) is 13.3. The highest BCUT2D eigenvalue weighted by atomic mass is 32.2. The molecule has 0 bridgehead atoms. The van der Waals surface area contributed by atoms with Gasteiger partial charge in [-0.3, -0.25) is 9.59 Å². The Morgan fingerprint density at radius 3 is 2.12 bits per heavy atom. The Balaban J connectivity index is 3.02. The van der Waals surface area contributed by atoms with Crippen LogP contribution in [0.1, 0.15) is 52.9 Å². The molecule has 1 unspecified atom stereocenters. The van der Waals surface area contributed by atoms with Crippen LogP contribution in [0.15, 0.2) is 46.7 Å². The summed E-state index contributed by atoms with van der Waals surface area (Å²) >= 11 is 0. The molecule has 4 nitrogen and oxygen atoms in total. The molecule has 5 heteroatoms. The van der Waals surface area contributed by atoms with Crippen molar-refractivity contribution in [2.24, 2.45) is 11.8 Å². The molecule has 0 fully saturated rings. The summed E-state index contributed by atoms with van der Waals surface area (Å²) < 4.78 is 24.8. The summed E-state index contributed by atoms with van der Waals surface area (Å²) in [4.78, 5) is 24.0. The number of carbonyl (C=O) groups is 2. The van der Waals surface area contributed by atoms with Crippen LogP contribution in [0.5, 0.6) is 0 Å². The van der Waals surface area contributed by atoms with E-state index in [1.807, 2.05) is 0 Å². The fourth-order valence-electron chi connectivity index (χ4n) is 2.96. The van der Waals surface area contributed by atoms with Gasteiger partial charge in [0.05, 0.1) is 10.8 Å². The van der Waals surface area contributed by atoms with Crippen LogP contribution in [0.25, 0.3) is 0 Å². The summed E-state index contributed by atoms with van der Waals surface area (Å²) in [5.41, 5.74) is 0. The van der Waals surface area contributed by atoms with E-state index < -0.39 is 15.8 Å². The first-order valence-electron chi connectivity index (χ1n) is 8.78. The second-order valence-corrected chi connectivity index (χ2v) is 8.23. The second kappa shape index (κ2) is 10.3. The molecule has 0 aliphatic heterocycles. The van der Waals surface area contributed by atoms with Gasteiger partial charge in [-0.15, -0.1) is 0 Å². The lowest BCUT2D eigenvalue weighted by atomic mass is 9.83. The Bertz CT molecular complexity index is 676. The first-order valence-corrected chi connectivity index (χ1v) is 10.3. The molecule has 0 spiro atoms. The predicted molar refractivity (Wildman–Crippen MR) is 99.9 cm³/mol. The van der Waals surface area contributed by atoms with E-state index >= 15 is 0 Å². The molecule has 1 aromatic carbocycles. The highest BCUT2D eigenvalue weighted by Gasteiger charge is 2.28. The van der Waals surface area contributed by atoms with E-state index in [1.165, 1.54) is 32.1 Å². The van der Waals surface area contributed by atoms with Crippen LogP contribution in [0, 0.1) is 11.8 Å². The Morgan fingerprint density at radius 2 is 1.60 bits per heavy atom. The molecule has 0 aromatic heterocycles. The third-order valence-corrected chi connectivity index (χ3v) is 5.72. The van der Waals surface area contributed by atoms with Gasteiger partial charge in [0, 0.05) is 5.41 Å². The number of unbranched alkanes of at least 4 members (excludes halogenated alkanes) is 3. The molecule has 0 N–H and O–H groups in total. The summed E-state index contributed by atoms with van der Waals surface area (Å²) in [5, 5.41) is 1.14. The molecule has 138 valence electrons. The summed E-state index contributed by atoms with van der Waals surface area (Å²) in [5.74, 6) is -1.58. The zero-order valence-corrected chi connectivity index (χ0v) is 16.1. The second-order valence-electron chi connectivity index (χ2n) is 6.40. The van der Waals surface area contributed by atoms with Gasteiger partial charge in [-0.25, -0.2) is 8.42 Å². The number of hydrogen-bond acceptors (Lipinski definition) is 4. The smallest absolute Gasteiger partial charge is 0.199 e. The van der Waals surface area contributed by atoms with Crippen molar-refractivity contribution in [3.8, 4) is 0 Å². The van der Waals surface area contributed by atoms with Crippen LogP contribution in [-0.4, -0.2) is 20.0 Å². The van der Waals surface area contributed by atoms with Crippen molar-refractivity contribution in [2.75, 3.05) is 0 Å². The van der Waals surface area contributed by atoms with Crippen LogP contribution < -0.4 is 0 Å². The van der Waals surface area contributed by atoms with Crippen LogP contribution in [-0.2, 0) is 19.4 Å². The minimum Gasteiger partial charge on any atom is -0.299 e. The molecule has 0 aliphatic carbocycles. The predicted octanol–water partition coefficient (Wildman–Crippen LogP) is 4.35. The number of benzene rings is 1. The van der Waals surface area contributed by atoms with Crippen LogP contribution in [0.3, 0.4) is 0 Å². The Labute approximate surface area is 151 Å². The van der Waals surface area contributed by atoms with Gasteiger partial charge in [0.15, 0.2) is 9.84 Å². The Kier molecular flexibility index (Phi) is 8.76. The number of hydrogen-bond donors (Lipinski definition) is 0. The molecule has 0 heterocycles. The van der Waals surface area contributed by atoms with E-state index in [4.69, 9.17) is 0 Å². The van der Waals surface area contributed by atoms with Gasteiger partial charge < -0.3 is 0 Å². The highest BCUT2D eigenvalue weighted by molar-refractivity contribution is 7.94.